The molecule has 0 bridgehead atoms. The SMILES string of the molecule is COC(=O)c1cccc(-c2cccc3c2nc(-c2cc(C(C)(C)C)cc4c5cc(C(C)(C)C)ccc5n(C(=O)OC(C)(C)C)c24)n3-c2ccccc2)n1. The monoisotopic (exact) mass is 706 g/mol. The van der Waals surface area contributed by atoms with Crippen LogP contribution in [0.4, 0.5) is 4.79 Å². The molecule has 0 N–H and O–H groups in total. The molecule has 0 saturated heterocycles. The van der Waals surface area contributed by atoms with Gasteiger partial charge in [0.05, 0.1) is 34.9 Å². The molecule has 0 atom stereocenters. The lowest BCUT2D eigenvalue weighted by Gasteiger charge is -2.23. The molecule has 7 rings (SSSR count). The zero-order valence-electron chi connectivity index (χ0n) is 32.2. The highest BCUT2D eigenvalue weighted by Gasteiger charge is 2.30. The number of ether oxygens (including phenoxy) is 2. The molecule has 0 radical (unpaired) electrons. The van der Waals surface area contributed by atoms with Crippen LogP contribution >= 0.6 is 0 Å². The van der Waals surface area contributed by atoms with Crippen LogP contribution in [-0.4, -0.2) is 43.9 Å². The molecule has 0 fully saturated rings. The van der Waals surface area contributed by atoms with Crippen molar-refractivity contribution in [1.29, 1.82) is 0 Å². The fourth-order valence-corrected chi connectivity index (χ4v) is 6.84. The van der Waals surface area contributed by atoms with E-state index in [1.54, 1.807) is 16.7 Å². The maximum Gasteiger partial charge on any atom is 0.419 e. The fraction of sp³-hybridized carbons (Fsp3) is 0.289. The molecule has 0 spiro atoms. The first-order valence-corrected chi connectivity index (χ1v) is 18.0. The lowest BCUT2D eigenvalue weighted by molar-refractivity contribution is 0.0549. The number of esters is 1. The molecule has 0 aliphatic heterocycles. The van der Waals surface area contributed by atoms with Gasteiger partial charge in [-0.3, -0.25) is 4.57 Å². The predicted molar refractivity (Wildman–Crippen MR) is 213 cm³/mol. The van der Waals surface area contributed by atoms with E-state index in [2.05, 4.69) is 87.5 Å². The number of nitrogens with zero attached hydrogens (tertiary/aromatic N) is 4. The second kappa shape index (κ2) is 12.7. The van der Waals surface area contributed by atoms with Crippen molar-refractivity contribution in [3.05, 3.63) is 114 Å². The Morgan fingerprint density at radius 2 is 1.32 bits per heavy atom. The first kappa shape index (κ1) is 35.6. The molecule has 0 amide bonds. The van der Waals surface area contributed by atoms with Gasteiger partial charge in [0.25, 0.3) is 0 Å². The van der Waals surface area contributed by atoms with E-state index in [1.807, 2.05) is 69.3 Å². The number of para-hydroxylation sites is 2. The lowest BCUT2D eigenvalue weighted by Crippen LogP contribution is -2.27. The molecule has 0 aliphatic carbocycles. The van der Waals surface area contributed by atoms with Crippen LogP contribution in [0.2, 0.25) is 0 Å². The summed E-state index contributed by atoms with van der Waals surface area (Å²) >= 11 is 0. The summed E-state index contributed by atoms with van der Waals surface area (Å²) in [4.78, 5) is 37.1. The minimum Gasteiger partial charge on any atom is -0.464 e. The van der Waals surface area contributed by atoms with Gasteiger partial charge in [-0.1, -0.05) is 84.0 Å². The van der Waals surface area contributed by atoms with E-state index in [-0.39, 0.29) is 16.5 Å². The second-order valence-electron chi connectivity index (χ2n) is 16.6. The summed E-state index contributed by atoms with van der Waals surface area (Å²) in [7, 11) is 1.35. The van der Waals surface area contributed by atoms with E-state index in [0.29, 0.717) is 22.6 Å². The number of hydrogen-bond acceptors (Lipinski definition) is 6. The third-order valence-electron chi connectivity index (χ3n) is 9.53. The number of benzene rings is 4. The Hall–Kier alpha value is -5.76. The number of hydrogen-bond donors (Lipinski definition) is 0. The molecule has 8 heteroatoms. The van der Waals surface area contributed by atoms with Gasteiger partial charge in [-0.25, -0.2) is 24.1 Å². The predicted octanol–water partition coefficient (Wildman–Crippen LogP) is 11.0. The van der Waals surface area contributed by atoms with Crippen LogP contribution in [0.1, 0.15) is 83.9 Å². The minimum absolute atomic E-state index is 0.115. The van der Waals surface area contributed by atoms with E-state index >= 15 is 0 Å². The molecule has 270 valence electrons. The summed E-state index contributed by atoms with van der Waals surface area (Å²) in [5.74, 6) is 0.142. The Morgan fingerprint density at radius 1 is 0.642 bits per heavy atom. The van der Waals surface area contributed by atoms with Crippen LogP contribution in [0.15, 0.2) is 97.1 Å². The van der Waals surface area contributed by atoms with Gasteiger partial charge in [0.2, 0.25) is 0 Å². The number of fused-ring (bicyclic) bond motifs is 4. The lowest BCUT2D eigenvalue weighted by atomic mass is 9.84. The molecule has 3 heterocycles. The van der Waals surface area contributed by atoms with E-state index in [9.17, 15) is 9.59 Å². The Labute approximate surface area is 310 Å². The average Bonchev–Trinajstić information content (AvgIpc) is 3.66. The number of carbonyl (C=O) groups is 2. The largest absolute Gasteiger partial charge is 0.464 e. The molecule has 0 unspecified atom stereocenters. The van der Waals surface area contributed by atoms with Gasteiger partial charge in [-0.15, -0.1) is 0 Å². The van der Waals surface area contributed by atoms with E-state index in [4.69, 9.17) is 14.5 Å². The standard InChI is InChI=1S/C45H46N4O4/c1-43(2,3)27-22-23-36-31(24-27)32-25-28(44(4,5)6)26-33(39(32)49(36)42(51)53-45(7,8)9)40-47-38-30(34-19-15-20-35(46-34)41(50)52-10)18-14-21-37(38)48(40)29-16-12-11-13-17-29/h11-26H,1-10H3. The quantitative estimate of drug-likeness (QED) is 0.169. The highest BCUT2D eigenvalue weighted by Crippen LogP contribution is 2.43. The van der Waals surface area contributed by atoms with Crippen molar-refractivity contribution < 1.29 is 19.1 Å². The van der Waals surface area contributed by atoms with E-state index < -0.39 is 17.7 Å². The van der Waals surface area contributed by atoms with Gasteiger partial charge < -0.3 is 9.47 Å². The van der Waals surface area contributed by atoms with Crippen molar-refractivity contribution in [2.45, 2.75) is 78.7 Å². The summed E-state index contributed by atoms with van der Waals surface area (Å²) in [6.45, 7) is 18.8. The van der Waals surface area contributed by atoms with Gasteiger partial charge >= 0.3 is 12.1 Å². The molecule has 0 saturated carbocycles. The molecule has 0 aliphatic rings. The summed E-state index contributed by atoms with van der Waals surface area (Å²) in [6.07, 6.45) is -0.461. The summed E-state index contributed by atoms with van der Waals surface area (Å²) < 4.78 is 15.0. The van der Waals surface area contributed by atoms with Crippen molar-refractivity contribution in [3.8, 4) is 28.3 Å². The van der Waals surface area contributed by atoms with Crippen molar-refractivity contribution >= 4 is 44.9 Å². The van der Waals surface area contributed by atoms with Crippen LogP contribution in [0, 0.1) is 0 Å². The third kappa shape index (κ3) is 6.47. The smallest absolute Gasteiger partial charge is 0.419 e. The average molecular weight is 707 g/mol. The number of aromatic nitrogens is 4. The normalized spacial score (nSPS) is 12.5. The molecule has 7 aromatic rings. The number of pyridine rings is 1. The van der Waals surface area contributed by atoms with Gasteiger partial charge in [-0.05, 0) is 97.3 Å². The molecular formula is C45H46N4O4. The van der Waals surface area contributed by atoms with Crippen molar-refractivity contribution in [2.75, 3.05) is 7.11 Å². The Bertz CT molecular complexity index is 2560. The first-order chi connectivity index (χ1) is 25.0. The van der Waals surface area contributed by atoms with Gasteiger partial charge in [0, 0.05) is 27.6 Å². The maximum absolute atomic E-state index is 14.4. The molecule has 8 nitrogen and oxygen atoms in total. The van der Waals surface area contributed by atoms with Gasteiger partial charge in [-0.2, -0.15) is 0 Å². The topological polar surface area (TPSA) is 88.2 Å². The molecule has 4 aromatic carbocycles. The third-order valence-corrected chi connectivity index (χ3v) is 9.53. The van der Waals surface area contributed by atoms with Crippen LogP contribution < -0.4 is 0 Å². The zero-order valence-corrected chi connectivity index (χ0v) is 32.2. The van der Waals surface area contributed by atoms with E-state index in [1.165, 1.54) is 12.7 Å². The maximum atomic E-state index is 14.4. The van der Waals surface area contributed by atoms with Crippen molar-refractivity contribution in [2.24, 2.45) is 0 Å². The zero-order chi connectivity index (χ0) is 38.0. The van der Waals surface area contributed by atoms with Gasteiger partial charge in [0.1, 0.15) is 17.1 Å². The highest BCUT2D eigenvalue weighted by atomic mass is 16.6. The number of imidazole rings is 1. The number of rotatable bonds is 4. The van der Waals surface area contributed by atoms with Crippen LogP contribution in [0.25, 0.3) is 61.2 Å². The Morgan fingerprint density at radius 3 is 1.98 bits per heavy atom. The summed E-state index contributed by atoms with van der Waals surface area (Å²) in [6, 6.07) is 32.1. The van der Waals surface area contributed by atoms with Crippen molar-refractivity contribution in [1.82, 2.24) is 19.1 Å². The summed E-state index contributed by atoms with van der Waals surface area (Å²) in [5, 5.41) is 1.91. The van der Waals surface area contributed by atoms with Gasteiger partial charge in [0.15, 0.2) is 0 Å². The Balaban J connectivity index is 1.66. The number of methoxy groups -OCH3 is 1. The first-order valence-electron chi connectivity index (χ1n) is 18.0. The molecule has 53 heavy (non-hydrogen) atoms. The molecule has 3 aromatic heterocycles. The second-order valence-corrected chi connectivity index (χ2v) is 16.6. The fourth-order valence-electron chi connectivity index (χ4n) is 6.84. The highest BCUT2D eigenvalue weighted by molar-refractivity contribution is 6.17. The van der Waals surface area contributed by atoms with E-state index in [0.717, 1.165) is 44.2 Å². The minimum atomic E-state index is -0.727. The van der Waals surface area contributed by atoms with Crippen molar-refractivity contribution in [3.63, 3.8) is 0 Å². The number of carbonyl (C=O) groups excluding carboxylic acids is 2. The van der Waals surface area contributed by atoms with Crippen LogP contribution in [0.5, 0.6) is 0 Å². The Kier molecular flexibility index (Phi) is 8.56. The van der Waals surface area contributed by atoms with Crippen LogP contribution in [0.3, 0.4) is 0 Å². The van der Waals surface area contributed by atoms with Crippen LogP contribution in [-0.2, 0) is 20.3 Å². The summed E-state index contributed by atoms with van der Waals surface area (Å²) in [5.41, 5.74) is 7.46. The molecular weight excluding hydrogens is 661 g/mol.